The molecule has 188 valence electrons. The number of nitrogens with zero attached hydrogens (tertiary/aromatic N) is 2. The van der Waals surface area contributed by atoms with Crippen molar-refractivity contribution in [3.8, 4) is 5.75 Å². The molecule has 0 unspecified atom stereocenters. The zero-order chi connectivity index (χ0) is 24.9. The molecule has 3 heterocycles. The zero-order valence-corrected chi connectivity index (χ0v) is 21.0. The average Bonchev–Trinajstić information content (AvgIpc) is 3.32. The van der Waals surface area contributed by atoms with Crippen LogP contribution >= 0.6 is 11.6 Å². The Morgan fingerprint density at radius 1 is 1.08 bits per heavy atom. The average molecular weight is 509 g/mol. The molecule has 2 aromatic carbocycles. The van der Waals surface area contributed by atoms with Gasteiger partial charge in [0.15, 0.2) is 5.76 Å². The molecule has 2 N–H and O–H groups in total. The molecule has 1 aromatic heterocycles. The van der Waals surface area contributed by atoms with Crippen LogP contribution in [0.5, 0.6) is 5.75 Å². The molecule has 9 heteroatoms. The topological polar surface area (TPSA) is 87.1 Å². The van der Waals surface area contributed by atoms with Gasteiger partial charge in [0, 0.05) is 48.9 Å². The normalized spacial score (nSPS) is 19.1. The molecule has 3 aliphatic rings. The van der Waals surface area contributed by atoms with E-state index in [9.17, 15) is 9.59 Å². The number of anilines is 2. The fraction of sp³-hybridized carbons (Fsp3) is 0.407. The van der Waals surface area contributed by atoms with Crippen molar-refractivity contribution in [1.82, 2.24) is 10.2 Å². The van der Waals surface area contributed by atoms with Gasteiger partial charge >= 0.3 is 6.03 Å². The highest BCUT2D eigenvalue weighted by atomic mass is 35.5. The van der Waals surface area contributed by atoms with Crippen molar-refractivity contribution in [1.29, 1.82) is 0 Å². The van der Waals surface area contributed by atoms with E-state index in [1.54, 1.807) is 19.2 Å². The summed E-state index contributed by atoms with van der Waals surface area (Å²) in [6.07, 6.45) is 4.79. The van der Waals surface area contributed by atoms with Crippen LogP contribution in [-0.4, -0.2) is 50.1 Å². The predicted molar refractivity (Wildman–Crippen MR) is 139 cm³/mol. The first-order chi connectivity index (χ1) is 17.5. The number of fused-ring (bicyclic) bond motifs is 4. The highest BCUT2D eigenvalue weighted by molar-refractivity contribution is 6.35. The number of carbonyl (C=O) groups excluding carboxylic acids is 2. The van der Waals surface area contributed by atoms with Crippen molar-refractivity contribution in [2.75, 3.05) is 43.5 Å². The predicted octanol–water partition coefficient (Wildman–Crippen LogP) is 5.35. The third-order valence-corrected chi connectivity index (χ3v) is 8.03. The molecular formula is C27H29ClN4O4. The van der Waals surface area contributed by atoms with Gasteiger partial charge in [-0.2, -0.15) is 0 Å². The number of methoxy groups -OCH3 is 1. The number of urea groups is 1. The van der Waals surface area contributed by atoms with E-state index in [0.717, 1.165) is 67.6 Å². The lowest BCUT2D eigenvalue weighted by atomic mass is 9.74. The molecule has 1 saturated carbocycles. The molecule has 3 aromatic rings. The molecule has 0 radical (unpaired) electrons. The van der Waals surface area contributed by atoms with Gasteiger partial charge in [-0.3, -0.25) is 4.79 Å². The van der Waals surface area contributed by atoms with Crippen molar-refractivity contribution in [3.05, 3.63) is 52.7 Å². The molecule has 1 saturated heterocycles. The Hall–Kier alpha value is -3.39. The van der Waals surface area contributed by atoms with Gasteiger partial charge in [0.2, 0.25) is 0 Å². The van der Waals surface area contributed by atoms with E-state index < -0.39 is 5.54 Å². The van der Waals surface area contributed by atoms with Gasteiger partial charge in [-0.1, -0.05) is 36.9 Å². The number of furan rings is 1. The van der Waals surface area contributed by atoms with Gasteiger partial charge in [-0.15, -0.1) is 0 Å². The molecule has 2 aliphatic heterocycles. The Bertz CT molecular complexity index is 1340. The van der Waals surface area contributed by atoms with Crippen LogP contribution in [-0.2, 0) is 5.54 Å². The second-order valence-corrected chi connectivity index (χ2v) is 10.2. The minimum absolute atomic E-state index is 0.133. The second-order valence-electron chi connectivity index (χ2n) is 9.84. The van der Waals surface area contributed by atoms with Crippen molar-refractivity contribution < 1.29 is 18.7 Å². The summed E-state index contributed by atoms with van der Waals surface area (Å²) in [6, 6.07) is 11.3. The zero-order valence-electron chi connectivity index (χ0n) is 20.2. The summed E-state index contributed by atoms with van der Waals surface area (Å²) in [4.78, 5) is 30.0. The number of rotatable bonds is 3. The van der Waals surface area contributed by atoms with Gasteiger partial charge in [0.1, 0.15) is 11.3 Å². The fourth-order valence-electron chi connectivity index (χ4n) is 5.92. The Labute approximate surface area is 214 Å². The number of carbonyl (C=O) groups is 2. The Morgan fingerprint density at radius 2 is 1.86 bits per heavy atom. The number of amides is 3. The molecule has 0 bridgehead atoms. The van der Waals surface area contributed by atoms with E-state index in [1.807, 2.05) is 23.1 Å². The van der Waals surface area contributed by atoms with Gasteiger partial charge in [0.05, 0.1) is 23.4 Å². The maximum absolute atomic E-state index is 13.5. The van der Waals surface area contributed by atoms with Crippen LogP contribution in [0.2, 0.25) is 5.02 Å². The number of piperazine rings is 1. The molecule has 3 amide bonds. The number of halogens is 1. The standard InChI is InChI=1S/C27H29ClN4O4/c1-35-19-7-5-6-18(16-19)31-10-12-32(13-11-31)25(33)21-15-17-14-20(28)23-22(24(17)36-21)27(30-26(34)29-23)8-3-2-4-9-27/h5-7,14-16H,2-4,8-13H2,1H3,(H2,29,30,34). The molecule has 2 fully saturated rings. The summed E-state index contributed by atoms with van der Waals surface area (Å²) in [7, 11) is 1.66. The quantitative estimate of drug-likeness (QED) is 0.498. The molecule has 1 spiro atoms. The van der Waals surface area contributed by atoms with Gasteiger partial charge in [-0.25, -0.2) is 4.79 Å². The van der Waals surface area contributed by atoms with Crippen LogP contribution in [0.15, 0.2) is 40.8 Å². The summed E-state index contributed by atoms with van der Waals surface area (Å²) in [5.74, 6) is 0.982. The molecule has 6 rings (SSSR count). The van der Waals surface area contributed by atoms with E-state index in [-0.39, 0.29) is 11.9 Å². The van der Waals surface area contributed by atoms with Crippen molar-refractivity contribution >= 4 is 45.9 Å². The van der Waals surface area contributed by atoms with E-state index in [2.05, 4.69) is 21.6 Å². The van der Waals surface area contributed by atoms with E-state index >= 15 is 0 Å². The SMILES string of the molecule is COc1cccc(N2CCN(C(=O)c3cc4cc(Cl)c5c(c4o3)C3(CCCCC3)NC(=O)N5)CC2)c1. The molecule has 1 aliphatic carbocycles. The summed E-state index contributed by atoms with van der Waals surface area (Å²) in [5.41, 5.74) is 2.64. The number of ether oxygens (including phenoxy) is 1. The third kappa shape index (κ3) is 3.84. The van der Waals surface area contributed by atoms with Crippen molar-refractivity contribution in [2.45, 2.75) is 37.6 Å². The van der Waals surface area contributed by atoms with Gasteiger partial charge in [-0.05, 0) is 37.1 Å². The minimum Gasteiger partial charge on any atom is -0.497 e. The number of benzene rings is 2. The van der Waals surface area contributed by atoms with E-state index in [0.29, 0.717) is 35.1 Å². The maximum Gasteiger partial charge on any atom is 0.319 e. The summed E-state index contributed by atoms with van der Waals surface area (Å²) in [6.45, 7) is 2.62. The molecular weight excluding hydrogens is 480 g/mol. The van der Waals surface area contributed by atoms with Crippen LogP contribution in [0.1, 0.15) is 48.2 Å². The first-order valence-corrected chi connectivity index (χ1v) is 12.9. The third-order valence-electron chi connectivity index (χ3n) is 7.73. The van der Waals surface area contributed by atoms with Crippen LogP contribution in [0.25, 0.3) is 11.0 Å². The fourth-order valence-corrected chi connectivity index (χ4v) is 6.18. The molecule has 0 atom stereocenters. The second kappa shape index (κ2) is 8.92. The number of hydrogen-bond donors (Lipinski definition) is 2. The first kappa shape index (κ1) is 23.0. The van der Waals surface area contributed by atoms with Gasteiger partial charge in [0.25, 0.3) is 5.91 Å². The summed E-state index contributed by atoms with van der Waals surface area (Å²) in [5, 5.41) is 7.27. The smallest absolute Gasteiger partial charge is 0.319 e. The minimum atomic E-state index is -0.528. The Kier molecular flexibility index (Phi) is 5.71. The van der Waals surface area contributed by atoms with E-state index in [4.69, 9.17) is 20.8 Å². The maximum atomic E-state index is 13.5. The van der Waals surface area contributed by atoms with Gasteiger partial charge < -0.3 is 29.6 Å². The largest absolute Gasteiger partial charge is 0.497 e. The lowest BCUT2D eigenvalue weighted by Crippen LogP contribution is -2.52. The first-order valence-electron chi connectivity index (χ1n) is 12.5. The summed E-state index contributed by atoms with van der Waals surface area (Å²) >= 11 is 6.63. The number of hydrogen-bond acceptors (Lipinski definition) is 5. The molecule has 8 nitrogen and oxygen atoms in total. The monoisotopic (exact) mass is 508 g/mol. The number of nitrogens with one attached hydrogen (secondary N) is 2. The van der Waals surface area contributed by atoms with Crippen LogP contribution in [0.4, 0.5) is 16.2 Å². The van der Waals surface area contributed by atoms with Crippen molar-refractivity contribution in [3.63, 3.8) is 0 Å². The Morgan fingerprint density at radius 3 is 2.61 bits per heavy atom. The highest BCUT2D eigenvalue weighted by Crippen LogP contribution is 2.49. The van der Waals surface area contributed by atoms with Crippen LogP contribution < -0.4 is 20.3 Å². The lowest BCUT2D eigenvalue weighted by Gasteiger charge is -2.42. The lowest BCUT2D eigenvalue weighted by molar-refractivity contribution is 0.0716. The van der Waals surface area contributed by atoms with E-state index in [1.165, 1.54) is 0 Å². The Balaban J connectivity index is 1.28. The van der Waals surface area contributed by atoms with Crippen LogP contribution in [0.3, 0.4) is 0 Å². The molecule has 36 heavy (non-hydrogen) atoms. The highest BCUT2D eigenvalue weighted by Gasteiger charge is 2.44. The van der Waals surface area contributed by atoms with Crippen LogP contribution in [0, 0.1) is 0 Å². The van der Waals surface area contributed by atoms with Crippen molar-refractivity contribution in [2.24, 2.45) is 0 Å². The summed E-state index contributed by atoms with van der Waals surface area (Å²) < 4.78 is 11.6.